The number of carbonyl (C=O) groups is 2. The fourth-order valence-corrected chi connectivity index (χ4v) is 5.70. The Kier molecular flexibility index (Phi) is 10.5. The number of esters is 1. The molecule has 0 fully saturated rings. The number of ether oxygens (including phenoxy) is 2. The molecule has 210 valence electrons. The van der Waals surface area contributed by atoms with E-state index in [-0.39, 0.29) is 30.6 Å². The largest absolute Gasteiger partial charge is 0.481 e. The van der Waals surface area contributed by atoms with E-state index < -0.39 is 48.9 Å². The molecule has 2 aliphatic carbocycles. The van der Waals surface area contributed by atoms with E-state index >= 15 is 0 Å². The molecular weight excluding hydrogens is 488 g/mol. The van der Waals surface area contributed by atoms with Crippen LogP contribution in [-0.4, -0.2) is 62.9 Å². The van der Waals surface area contributed by atoms with Crippen LogP contribution in [0.1, 0.15) is 63.5 Å². The number of carboxylic acids is 1. The first-order chi connectivity index (χ1) is 18.0. The Hall–Kier alpha value is -2.68. The normalized spacial score (nSPS) is 27.0. The van der Waals surface area contributed by atoms with Gasteiger partial charge in [0.2, 0.25) is 0 Å². The topological polar surface area (TPSA) is 134 Å². The first-order valence-electron chi connectivity index (χ1n) is 13.6. The van der Waals surface area contributed by atoms with Gasteiger partial charge in [0.1, 0.15) is 11.9 Å². The van der Waals surface area contributed by atoms with Gasteiger partial charge in [-0.05, 0) is 68.6 Å². The quantitative estimate of drug-likeness (QED) is 0.299. The van der Waals surface area contributed by atoms with E-state index in [1.165, 1.54) is 0 Å². The number of allylic oxidation sites excluding steroid dienone is 2. The van der Waals surface area contributed by atoms with Crippen LogP contribution in [0.5, 0.6) is 5.75 Å². The second-order valence-corrected chi connectivity index (χ2v) is 10.9. The minimum absolute atomic E-state index is 0.0122. The van der Waals surface area contributed by atoms with Gasteiger partial charge in [0.25, 0.3) is 0 Å². The molecule has 4 N–H and O–H groups in total. The van der Waals surface area contributed by atoms with Crippen molar-refractivity contribution in [2.75, 3.05) is 0 Å². The van der Waals surface area contributed by atoms with Gasteiger partial charge in [-0.3, -0.25) is 4.79 Å². The number of carboxylic acid groups (broad SMARTS) is 1. The van der Waals surface area contributed by atoms with Gasteiger partial charge >= 0.3 is 11.9 Å². The van der Waals surface area contributed by atoms with Crippen molar-refractivity contribution in [3.05, 3.63) is 53.1 Å². The second kappa shape index (κ2) is 13.4. The first-order valence-corrected chi connectivity index (χ1v) is 13.6. The van der Waals surface area contributed by atoms with Crippen molar-refractivity contribution in [3.8, 4) is 5.75 Å². The smallest absolute Gasteiger partial charge is 0.347 e. The maximum atomic E-state index is 13.3. The maximum absolute atomic E-state index is 13.3. The fraction of sp³-hybridized carbons (Fsp3) is 0.600. The fourth-order valence-electron chi connectivity index (χ4n) is 5.70. The van der Waals surface area contributed by atoms with Crippen molar-refractivity contribution >= 4 is 11.9 Å². The number of hydrogen-bond acceptors (Lipinski definition) is 7. The summed E-state index contributed by atoms with van der Waals surface area (Å²) < 4.78 is 12.1. The van der Waals surface area contributed by atoms with Crippen molar-refractivity contribution in [3.63, 3.8) is 0 Å². The summed E-state index contributed by atoms with van der Waals surface area (Å²) in [5.74, 6) is -0.931. The van der Waals surface area contributed by atoms with E-state index in [0.29, 0.717) is 25.0 Å². The molecule has 8 heteroatoms. The number of aliphatic hydroxyl groups excluding tert-OH is 3. The minimum Gasteiger partial charge on any atom is -0.481 e. The monoisotopic (exact) mass is 530 g/mol. The molecule has 8 nitrogen and oxygen atoms in total. The van der Waals surface area contributed by atoms with Gasteiger partial charge in [0.15, 0.2) is 6.10 Å². The maximum Gasteiger partial charge on any atom is 0.347 e. The lowest BCUT2D eigenvalue weighted by Crippen LogP contribution is -2.44. The molecule has 1 unspecified atom stereocenters. The Morgan fingerprint density at radius 3 is 2.55 bits per heavy atom. The molecule has 0 amide bonds. The molecule has 1 aromatic carbocycles. The SMILES string of the molecule is CCC(Oc1ccc(C)cc1C)C(=O)O[C@H]1C[C@H](O)C=C2C=C[C@H](C)[C@H](CC[C@@H](O)C[C@@H](O)CC(=O)O)[C@H]21. The zero-order chi connectivity index (χ0) is 28.0. The molecule has 0 aliphatic heterocycles. The first kappa shape index (κ1) is 29.9. The molecule has 38 heavy (non-hydrogen) atoms. The molecule has 0 bridgehead atoms. The van der Waals surface area contributed by atoms with Crippen LogP contribution >= 0.6 is 0 Å². The van der Waals surface area contributed by atoms with Gasteiger partial charge in [0.05, 0.1) is 24.7 Å². The molecule has 3 rings (SSSR count). The van der Waals surface area contributed by atoms with E-state index in [4.69, 9.17) is 14.6 Å². The number of benzene rings is 1. The van der Waals surface area contributed by atoms with Crippen LogP contribution in [0.15, 0.2) is 42.0 Å². The highest BCUT2D eigenvalue weighted by atomic mass is 16.6. The van der Waals surface area contributed by atoms with Crippen LogP contribution in [0.25, 0.3) is 0 Å². The van der Waals surface area contributed by atoms with Crippen LogP contribution < -0.4 is 4.74 Å². The Morgan fingerprint density at radius 1 is 1.16 bits per heavy atom. The Labute approximate surface area is 225 Å². The predicted molar refractivity (Wildman–Crippen MR) is 143 cm³/mol. The van der Waals surface area contributed by atoms with Crippen molar-refractivity contribution < 1.29 is 39.5 Å². The molecular formula is C30H42O8. The minimum atomic E-state index is -1.11. The number of carbonyl (C=O) groups excluding carboxylic acids is 1. The van der Waals surface area contributed by atoms with Gasteiger partial charge in [-0.25, -0.2) is 4.79 Å². The van der Waals surface area contributed by atoms with Gasteiger partial charge in [-0.1, -0.05) is 49.8 Å². The van der Waals surface area contributed by atoms with Gasteiger partial charge in [-0.15, -0.1) is 0 Å². The van der Waals surface area contributed by atoms with Crippen LogP contribution in [0.3, 0.4) is 0 Å². The van der Waals surface area contributed by atoms with Crippen LogP contribution in [0.4, 0.5) is 0 Å². The number of aliphatic hydroxyl groups is 3. The average molecular weight is 531 g/mol. The van der Waals surface area contributed by atoms with Crippen molar-refractivity contribution in [2.45, 2.75) is 96.7 Å². The molecule has 0 aromatic heterocycles. The molecule has 0 saturated carbocycles. The Balaban J connectivity index is 1.72. The van der Waals surface area contributed by atoms with Gasteiger partial charge in [0, 0.05) is 12.3 Å². The highest BCUT2D eigenvalue weighted by molar-refractivity contribution is 5.75. The molecule has 0 heterocycles. The number of fused-ring (bicyclic) bond motifs is 1. The standard InChI is InChI=1S/C30H42O8/c1-5-25(37-26-11-6-17(2)12-19(26)4)30(36)38-27-15-22(32)13-20-8-7-18(3)24(29(20)27)10-9-21(31)14-23(33)16-28(34)35/h6-8,11-13,18,21-25,27,29,31-33H,5,9-10,14-16H2,1-4H3,(H,34,35)/t18-,21+,22+,23+,24-,25?,27-,29-/m0/s1. The third kappa shape index (κ3) is 7.91. The zero-order valence-electron chi connectivity index (χ0n) is 22.7. The summed E-state index contributed by atoms with van der Waals surface area (Å²) in [6.07, 6.45) is 3.07. The molecule has 0 radical (unpaired) electrons. The highest BCUT2D eigenvalue weighted by Gasteiger charge is 2.42. The number of aryl methyl sites for hydroxylation is 2. The van der Waals surface area contributed by atoms with Crippen LogP contribution in [0, 0.1) is 31.6 Å². The van der Waals surface area contributed by atoms with Crippen LogP contribution in [0.2, 0.25) is 0 Å². The van der Waals surface area contributed by atoms with Crippen LogP contribution in [-0.2, 0) is 14.3 Å². The number of hydrogen-bond donors (Lipinski definition) is 4. The zero-order valence-corrected chi connectivity index (χ0v) is 22.7. The van der Waals surface area contributed by atoms with Gasteiger partial charge in [-0.2, -0.15) is 0 Å². The van der Waals surface area contributed by atoms with Crippen molar-refractivity contribution in [1.82, 2.24) is 0 Å². The Morgan fingerprint density at radius 2 is 1.89 bits per heavy atom. The lowest BCUT2D eigenvalue weighted by molar-refractivity contribution is -0.163. The van der Waals surface area contributed by atoms with E-state index in [1.807, 2.05) is 45.0 Å². The Bertz CT molecular complexity index is 1030. The molecule has 1 aromatic rings. The van der Waals surface area contributed by atoms with Crippen molar-refractivity contribution in [2.24, 2.45) is 17.8 Å². The summed E-state index contributed by atoms with van der Waals surface area (Å²) in [5, 5.41) is 39.7. The summed E-state index contributed by atoms with van der Waals surface area (Å²) in [6, 6.07) is 5.79. The summed E-state index contributed by atoms with van der Waals surface area (Å²) in [6.45, 7) is 7.87. The van der Waals surface area contributed by atoms with E-state index in [0.717, 1.165) is 16.7 Å². The van der Waals surface area contributed by atoms with Crippen molar-refractivity contribution in [1.29, 1.82) is 0 Å². The lowest BCUT2D eigenvalue weighted by Gasteiger charge is -2.43. The van der Waals surface area contributed by atoms with E-state index in [1.54, 1.807) is 6.08 Å². The van der Waals surface area contributed by atoms with E-state index in [9.17, 15) is 24.9 Å². The second-order valence-electron chi connectivity index (χ2n) is 10.9. The number of rotatable bonds is 12. The molecule has 0 saturated heterocycles. The highest BCUT2D eigenvalue weighted by Crippen LogP contribution is 2.44. The predicted octanol–water partition coefficient (Wildman–Crippen LogP) is 3.87. The van der Waals surface area contributed by atoms with Gasteiger partial charge < -0.3 is 29.9 Å². The van der Waals surface area contributed by atoms with E-state index in [2.05, 4.69) is 13.0 Å². The summed E-state index contributed by atoms with van der Waals surface area (Å²) in [5.41, 5.74) is 2.95. The summed E-state index contributed by atoms with van der Waals surface area (Å²) >= 11 is 0. The molecule has 8 atom stereocenters. The third-order valence-corrected chi connectivity index (χ3v) is 7.66. The summed E-state index contributed by atoms with van der Waals surface area (Å²) in [4.78, 5) is 24.1. The number of aliphatic carboxylic acids is 1. The lowest BCUT2D eigenvalue weighted by atomic mass is 9.66. The summed E-state index contributed by atoms with van der Waals surface area (Å²) in [7, 11) is 0. The molecule has 0 spiro atoms. The average Bonchev–Trinajstić information content (AvgIpc) is 2.82. The third-order valence-electron chi connectivity index (χ3n) is 7.66. The molecule has 2 aliphatic rings.